The van der Waals surface area contributed by atoms with Crippen LogP contribution in [0, 0.1) is 0 Å². The number of aliphatic hydroxyl groups excluding tert-OH is 4. The number of aromatic hydroxyl groups is 3. The van der Waals surface area contributed by atoms with Crippen LogP contribution in [0.1, 0.15) is 0 Å². The third-order valence-electron chi connectivity index (χ3n) is 5.44. The SMILES string of the molecule is COc1cc(-c2oc3cc(O)cc(O)c3c(=O)c2O[C@@H]2O[C@@H](CO)[C@@H](O)[C@@H](O)[C@@H]2O)ccc1O. The van der Waals surface area contributed by atoms with Crippen molar-refractivity contribution < 1.29 is 54.4 Å². The van der Waals surface area contributed by atoms with Gasteiger partial charge < -0.3 is 54.4 Å². The average molecular weight is 478 g/mol. The molecule has 0 radical (unpaired) electrons. The second-order valence-corrected chi connectivity index (χ2v) is 7.63. The number of methoxy groups -OCH3 is 1. The number of rotatable bonds is 5. The van der Waals surface area contributed by atoms with E-state index in [9.17, 15) is 40.5 Å². The van der Waals surface area contributed by atoms with Gasteiger partial charge in [-0.15, -0.1) is 0 Å². The number of phenolic OH excluding ortho intramolecular Hbond substituents is 3. The Kier molecular flexibility index (Phi) is 6.25. The van der Waals surface area contributed by atoms with Crippen LogP contribution in [0.4, 0.5) is 0 Å². The van der Waals surface area contributed by atoms with Gasteiger partial charge in [0.15, 0.2) is 17.3 Å². The Hall–Kier alpha value is -3.55. The Morgan fingerprint density at radius 1 is 0.971 bits per heavy atom. The zero-order valence-corrected chi connectivity index (χ0v) is 17.7. The summed E-state index contributed by atoms with van der Waals surface area (Å²) in [5.74, 6) is -2.00. The van der Waals surface area contributed by atoms with Gasteiger partial charge in [0, 0.05) is 17.7 Å². The molecule has 0 saturated carbocycles. The largest absolute Gasteiger partial charge is 0.508 e. The lowest BCUT2D eigenvalue weighted by molar-refractivity contribution is -0.277. The van der Waals surface area contributed by atoms with Crippen LogP contribution in [0.5, 0.6) is 28.7 Å². The smallest absolute Gasteiger partial charge is 0.239 e. The van der Waals surface area contributed by atoms with Crippen LogP contribution < -0.4 is 14.9 Å². The minimum Gasteiger partial charge on any atom is -0.508 e. The van der Waals surface area contributed by atoms with Gasteiger partial charge in [0.2, 0.25) is 17.5 Å². The molecule has 4 rings (SSSR count). The maximum atomic E-state index is 13.3. The average Bonchev–Trinajstić information content (AvgIpc) is 2.80. The first-order chi connectivity index (χ1) is 16.2. The summed E-state index contributed by atoms with van der Waals surface area (Å²) >= 11 is 0. The van der Waals surface area contributed by atoms with E-state index < -0.39 is 54.2 Å². The van der Waals surface area contributed by atoms with E-state index in [-0.39, 0.29) is 39.5 Å². The molecular formula is C22H22O12. The molecule has 2 aromatic carbocycles. The van der Waals surface area contributed by atoms with E-state index in [0.29, 0.717) is 0 Å². The molecule has 0 unspecified atom stereocenters. The summed E-state index contributed by atoms with van der Waals surface area (Å²) < 4.78 is 21.8. The number of aliphatic hydroxyl groups is 4. The normalized spacial score (nSPS) is 24.8. The van der Waals surface area contributed by atoms with Gasteiger partial charge in [-0.05, 0) is 18.2 Å². The Morgan fingerprint density at radius 2 is 1.71 bits per heavy atom. The first kappa shape index (κ1) is 23.6. The van der Waals surface area contributed by atoms with Crippen molar-refractivity contribution in [3.63, 3.8) is 0 Å². The van der Waals surface area contributed by atoms with E-state index in [2.05, 4.69) is 0 Å². The summed E-state index contributed by atoms with van der Waals surface area (Å²) in [5.41, 5.74) is -0.959. The van der Waals surface area contributed by atoms with Crippen molar-refractivity contribution in [3.8, 4) is 40.1 Å². The van der Waals surface area contributed by atoms with E-state index in [1.807, 2.05) is 0 Å². The Labute approximate surface area is 191 Å². The van der Waals surface area contributed by atoms with Crippen LogP contribution in [0.2, 0.25) is 0 Å². The fourth-order valence-corrected chi connectivity index (χ4v) is 3.67. The molecule has 2 heterocycles. The molecule has 1 aliphatic rings. The van der Waals surface area contributed by atoms with Gasteiger partial charge in [0.1, 0.15) is 46.9 Å². The van der Waals surface area contributed by atoms with Gasteiger partial charge >= 0.3 is 0 Å². The third kappa shape index (κ3) is 3.97. The van der Waals surface area contributed by atoms with Crippen molar-refractivity contribution in [2.75, 3.05) is 13.7 Å². The van der Waals surface area contributed by atoms with Crippen LogP contribution in [0.3, 0.4) is 0 Å². The Balaban J connectivity index is 1.92. The standard InChI is InChI=1S/C22H22O12/c1-31-12-4-8(2-3-10(12)25)20-21(17(28)15-11(26)5-9(24)6-13(15)32-20)34-22-19(30)18(29)16(27)14(7-23)33-22/h2-6,14,16,18-19,22-27,29-30H,7H2,1H3/t14-,16+,18+,19-,22-/m0/s1. The predicted molar refractivity (Wildman–Crippen MR) is 114 cm³/mol. The molecule has 1 saturated heterocycles. The first-order valence-electron chi connectivity index (χ1n) is 10.0. The maximum absolute atomic E-state index is 13.3. The number of fused-ring (bicyclic) bond motifs is 1. The molecule has 1 aromatic heterocycles. The molecule has 0 bridgehead atoms. The second-order valence-electron chi connectivity index (χ2n) is 7.63. The second kappa shape index (κ2) is 9.00. The van der Waals surface area contributed by atoms with Crippen molar-refractivity contribution >= 4 is 11.0 Å². The molecule has 0 amide bonds. The van der Waals surface area contributed by atoms with Gasteiger partial charge in [-0.1, -0.05) is 0 Å². The van der Waals surface area contributed by atoms with E-state index in [1.165, 1.54) is 25.3 Å². The molecule has 12 nitrogen and oxygen atoms in total. The first-order valence-corrected chi connectivity index (χ1v) is 10.0. The van der Waals surface area contributed by atoms with Crippen molar-refractivity contribution in [3.05, 3.63) is 40.6 Å². The molecule has 0 spiro atoms. The van der Waals surface area contributed by atoms with Gasteiger partial charge in [-0.25, -0.2) is 0 Å². The van der Waals surface area contributed by atoms with E-state index >= 15 is 0 Å². The summed E-state index contributed by atoms with van der Waals surface area (Å²) in [6.45, 7) is -0.723. The lowest BCUT2D eigenvalue weighted by Gasteiger charge is -2.39. The van der Waals surface area contributed by atoms with Crippen LogP contribution >= 0.6 is 0 Å². The zero-order chi connectivity index (χ0) is 24.7. The molecule has 1 aliphatic heterocycles. The highest BCUT2D eigenvalue weighted by Gasteiger charge is 2.45. The summed E-state index contributed by atoms with van der Waals surface area (Å²) in [6, 6.07) is 5.96. The van der Waals surface area contributed by atoms with Crippen molar-refractivity contribution in [1.82, 2.24) is 0 Å². The minimum atomic E-state index is -1.83. The summed E-state index contributed by atoms with van der Waals surface area (Å²) in [6.07, 6.45) is -8.29. The quantitative estimate of drug-likeness (QED) is 0.254. The molecule has 7 N–H and O–H groups in total. The number of hydrogen-bond acceptors (Lipinski definition) is 12. The predicted octanol–water partition coefficient (Wildman–Crippen LogP) is -0.236. The van der Waals surface area contributed by atoms with E-state index in [1.54, 1.807) is 0 Å². The Bertz CT molecular complexity index is 1270. The van der Waals surface area contributed by atoms with Gasteiger partial charge in [-0.2, -0.15) is 0 Å². The summed E-state index contributed by atoms with van der Waals surface area (Å²) in [4.78, 5) is 13.3. The lowest BCUT2D eigenvalue weighted by Crippen LogP contribution is -2.60. The fraction of sp³-hybridized carbons (Fsp3) is 0.318. The van der Waals surface area contributed by atoms with Crippen LogP contribution in [0.15, 0.2) is 39.5 Å². The topological polar surface area (TPSA) is 200 Å². The number of hydrogen-bond donors (Lipinski definition) is 7. The summed E-state index contributed by atoms with van der Waals surface area (Å²) in [5, 5.41) is 69.4. The maximum Gasteiger partial charge on any atom is 0.239 e. The van der Waals surface area contributed by atoms with Crippen LogP contribution in [-0.4, -0.2) is 80.2 Å². The van der Waals surface area contributed by atoms with E-state index in [0.717, 1.165) is 12.1 Å². The summed E-state index contributed by atoms with van der Waals surface area (Å²) in [7, 11) is 1.30. The van der Waals surface area contributed by atoms with Crippen LogP contribution in [-0.2, 0) is 4.74 Å². The van der Waals surface area contributed by atoms with Crippen molar-refractivity contribution in [1.29, 1.82) is 0 Å². The van der Waals surface area contributed by atoms with Gasteiger partial charge in [0.05, 0.1) is 13.7 Å². The monoisotopic (exact) mass is 478 g/mol. The lowest BCUT2D eigenvalue weighted by atomic mass is 9.99. The third-order valence-corrected chi connectivity index (χ3v) is 5.44. The highest BCUT2D eigenvalue weighted by molar-refractivity contribution is 5.88. The van der Waals surface area contributed by atoms with Crippen LogP contribution in [0.25, 0.3) is 22.3 Å². The molecule has 182 valence electrons. The van der Waals surface area contributed by atoms with Crippen molar-refractivity contribution in [2.45, 2.75) is 30.7 Å². The molecule has 0 aliphatic carbocycles. The molecule has 34 heavy (non-hydrogen) atoms. The number of benzene rings is 2. The molecule has 3 aromatic rings. The Morgan fingerprint density at radius 3 is 2.38 bits per heavy atom. The van der Waals surface area contributed by atoms with Crippen molar-refractivity contribution in [2.24, 2.45) is 0 Å². The number of phenols is 3. The fourth-order valence-electron chi connectivity index (χ4n) is 3.67. The zero-order valence-electron chi connectivity index (χ0n) is 17.7. The molecular weight excluding hydrogens is 456 g/mol. The highest BCUT2D eigenvalue weighted by atomic mass is 16.7. The van der Waals surface area contributed by atoms with E-state index in [4.69, 9.17) is 18.6 Å². The highest BCUT2D eigenvalue weighted by Crippen LogP contribution is 2.39. The van der Waals surface area contributed by atoms with Gasteiger partial charge in [0.25, 0.3) is 0 Å². The minimum absolute atomic E-state index is 0.0257. The number of ether oxygens (including phenoxy) is 3. The van der Waals surface area contributed by atoms with Gasteiger partial charge in [-0.3, -0.25) is 4.79 Å². The molecule has 12 heteroatoms. The molecule has 5 atom stereocenters. The molecule has 1 fully saturated rings.